The third-order valence-corrected chi connectivity index (χ3v) is 4.66. The van der Waals surface area contributed by atoms with Gasteiger partial charge in [0.05, 0.1) is 11.1 Å². The number of hydrogen-bond donors (Lipinski definition) is 0. The van der Waals surface area contributed by atoms with Crippen LogP contribution in [0.15, 0.2) is 23.8 Å². The van der Waals surface area contributed by atoms with Gasteiger partial charge in [0.25, 0.3) is 11.8 Å². The van der Waals surface area contributed by atoms with Crippen LogP contribution in [0.3, 0.4) is 0 Å². The summed E-state index contributed by atoms with van der Waals surface area (Å²) in [6, 6.07) is 5.15. The maximum absolute atomic E-state index is 12.3. The van der Waals surface area contributed by atoms with Crippen LogP contribution in [0.1, 0.15) is 25.8 Å². The molecular weight excluding hydrogens is 348 g/mol. The molecule has 2 amide bonds. The van der Waals surface area contributed by atoms with Gasteiger partial charge in [-0.15, -0.1) is 0 Å². The molecule has 0 saturated carbocycles. The molecule has 0 unspecified atom stereocenters. The predicted molar refractivity (Wildman–Crippen MR) is 97.9 cm³/mol. The van der Waals surface area contributed by atoms with Crippen molar-refractivity contribution in [2.75, 3.05) is 14.1 Å². The van der Waals surface area contributed by atoms with Gasteiger partial charge in [-0.3, -0.25) is 19.4 Å². The fraction of sp³-hybridized carbons (Fsp3) is 0.353. The number of rotatable bonds is 4. The van der Waals surface area contributed by atoms with Gasteiger partial charge < -0.3 is 4.74 Å². The van der Waals surface area contributed by atoms with Gasteiger partial charge in [-0.2, -0.15) is 0 Å². The molecule has 1 atom stereocenters. The van der Waals surface area contributed by atoms with Crippen LogP contribution in [0.4, 0.5) is 0 Å². The average Bonchev–Trinajstić information content (AvgIpc) is 2.57. The molecule has 7 heteroatoms. The Morgan fingerprint density at radius 3 is 2.33 bits per heavy atom. The van der Waals surface area contributed by atoms with Crippen LogP contribution >= 0.6 is 23.8 Å². The Hall–Kier alpha value is -1.92. The highest BCUT2D eigenvalue weighted by atomic mass is 35.5. The zero-order valence-corrected chi connectivity index (χ0v) is 15.6. The summed E-state index contributed by atoms with van der Waals surface area (Å²) in [6.45, 7) is 3.98. The standard InChI is InChI=1S/C17H19ClN2O3S/c1-5-10(2)23-14-7-6-11(9-13(14)18)8-12-15(21)19(3)17(24)20(4)16(12)22/h6-10H,5H2,1-4H3/t10-/m1/s1. The predicted octanol–water partition coefficient (Wildman–Crippen LogP) is 3.12. The van der Waals surface area contributed by atoms with E-state index in [1.54, 1.807) is 18.2 Å². The minimum absolute atomic E-state index is 0.0419. The SMILES string of the molecule is CC[C@@H](C)Oc1ccc(C=C2C(=O)N(C)C(=S)N(C)C2=O)cc1Cl. The summed E-state index contributed by atoms with van der Waals surface area (Å²) in [4.78, 5) is 27.1. The Kier molecular flexibility index (Phi) is 5.62. The Bertz CT molecular complexity index is 707. The van der Waals surface area contributed by atoms with Gasteiger partial charge in [-0.25, -0.2) is 0 Å². The fourth-order valence-corrected chi connectivity index (χ4v) is 2.54. The molecule has 1 aliphatic heterocycles. The van der Waals surface area contributed by atoms with E-state index in [0.29, 0.717) is 16.3 Å². The number of likely N-dealkylation sites (N-methyl/N-ethyl adjacent to an activating group) is 2. The normalized spacial score (nSPS) is 16.5. The van der Waals surface area contributed by atoms with Crippen molar-refractivity contribution in [1.29, 1.82) is 0 Å². The van der Waals surface area contributed by atoms with E-state index in [0.717, 1.165) is 6.42 Å². The first kappa shape index (κ1) is 18.4. The van der Waals surface area contributed by atoms with E-state index in [-0.39, 0.29) is 16.8 Å². The molecule has 1 fully saturated rings. The van der Waals surface area contributed by atoms with Gasteiger partial charge >= 0.3 is 0 Å². The second kappa shape index (κ2) is 7.32. The van der Waals surface area contributed by atoms with Crippen molar-refractivity contribution in [3.8, 4) is 5.75 Å². The lowest BCUT2D eigenvalue weighted by Gasteiger charge is -2.31. The summed E-state index contributed by atoms with van der Waals surface area (Å²) >= 11 is 11.3. The van der Waals surface area contributed by atoms with Gasteiger partial charge in [0.15, 0.2) is 5.11 Å². The van der Waals surface area contributed by atoms with E-state index >= 15 is 0 Å². The number of halogens is 1. The minimum atomic E-state index is -0.431. The topological polar surface area (TPSA) is 49.9 Å². The molecule has 1 aromatic carbocycles. The molecule has 128 valence electrons. The van der Waals surface area contributed by atoms with Crippen molar-refractivity contribution in [1.82, 2.24) is 9.80 Å². The quantitative estimate of drug-likeness (QED) is 0.466. The zero-order chi connectivity index (χ0) is 18.0. The molecule has 0 aromatic heterocycles. The number of carbonyl (C=O) groups is 2. The number of ether oxygens (including phenoxy) is 1. The lowest BCUT2D eigenvalue weighted by atomic mass is 10.1. The fourth-order valence-electron chi connectivity index (χ4n) is 2.14. The van der Waals surface area contributed by atoms with Crippen LogP contribution in [0.5, 0.6) is 5.75 Å². The Morgan fingerprint density at radius 1 is 1.25 bits per heavy atom. The van der Waals surface area contributed by atoms with Gasteiger partial charge in [-0.1, -0.05) is 24.6 Å². The van der Waals surface area contributed by atoms with E-state index in [1.165, 1.54) is 30.0 Å². The van der Waals surface area contributed by atoms with Gasteiger partial charge in [0.1, 0.15) is 11.3 Å². The monoisotopic (exact) mass is 366 g/mol. The van der Waals surface area contributed by atoms with Crippen molar-refractivity contribution in [3.05, 3.63) is 34.4 Å². The smallest absolute Gasteiger partial charge is 0.265 e. The van der Waals surface area contributed by atoms with Crippen molar-refractivity contribution >= 4 is 46.8 Å². The van der Waals surface area contributed by atoms with Crippen LogP contribution in [0.2, 0.25) is 5.02 Å². The highest BCUT2D eigenvalue weighted by Gasteiger charge is 2.35. The molecule has 1 aromatic rings. The van der Waals surface area contributed by atoms with Crippen molar-refractivity contribution < 1.29 is 14.3 Å². The molecular formula is C17H19ClN2O3S. The molecule has 1 saturated heterocycles. The third-order valence-electron chi connectivity index (χ3n) is 3.81. The Balaban J connectivity index is 2.33. The second-order valence-corrected chi connectivity index (χ2v) is 6.37. The second-order valence-electron chi connectivity index (χ2n) is 5.60. The summed E-state index contributed by atoms with van der Waals surface area (Å²) in [5.41, 5.74) is 0.683. The van der Waals surface area contributed by atoms with Crippen LogP contribution in [-0.4, -0.2) is 46.9 Å². The number of thiocarbonyl (C=S) groups is 1. The Morgan fingerprint density at radius 2 is 1.83 bits per heavy atom. The highest BCUT2D eigenvalue weighted by molar-refractivity contribution is 7.80. The summed E-state index contributed by atoms with van der Waals surface area (Å²) in [5, 5.41) is 0.607. The van der Waals surface area contributed by atoms with Gasteiger partial charge in [0, 0.05) is 14.1 Å². The lowest BCUT2D eigenvalue weighted by molar-refractivity contribution is -0.132. The van der Waals surface area contributed by atoms with Crippen LogP contribution in [-0.2, 0) is 9.59 Å². The molecule has 5 nitrogen and oxygen atoms in total. The van der Waals surface area contributed by atoms with E-state index in [4.69, 9.17) is 28.6 Å². The van der Waals surface area contributed by atoms with E-state index < -0.39 is 11.8 Å². The van der Waals surface area contributed by atoms with E-state index in [2.05, 4.69) is 0 Å². The molecule has 0 N–H and O–H groups in total. The average molecular weight is 367 g/mol. The van der Waals surface area contributed by atoms with Crippen molar-refractivity contribution in [2.24, 2.45) is 0 Å². The Labute approximate surface area is 151 Å². The summed E-state index contributed by atoms with van der Waals surface area (Å²) in [7, 11) is 3.08. The molecule has 1 aliphatic rings. The third kappa shape index (κ3) is 3.60. The van der Waals surface area contributed by atoms with E-state index in [9.17, 15) is 9.59 Å². The number of hydrogen-bond acceptors (Lipinski definition) is 4. The molecule has 2 rings (SSSR count). The van der Waals surface area contributed by atoms with Crippen LogP contribution in [0, 0.1) is 0 Å². The number of amides is 2. The van der Waals surface area contributed by atoms with Gasteiger partial charge in [-0.05, 0) is 49.3 Å². The maximum atomic E-state index is 12.3. The lowest BCUT2D eigenvalue weighted by Crippen LogP contribution is -2.52. The zero-order valence-electron chi connectivity index (χ0n) is 14.0. The first-order valence-corrected chi connectivity index (χ1v) is 8.32. The van der Waals surface area contributed by atoms with Crippen LogP contribution in [0.25, 0.3) is 6.08 Å². The summed E-state index contributed by atoms with van der Waals surface area (Å²) in [6.07, 6.45) is 2.43. The molecule has 0 radical (unpaired) electrons. The first-order chi connectivity index (χ1) is 11.3. The number of nitrogens with zero attached hydrogens (tertiary/aromatic N) is 2. The first-order valence-electron chi connectivity index (χ1n) is 7.54. The van der Waals surface area contributed by atoms with Crippen molar-refractivity contribution in [2.45, 2.75) is 26.4 Å². The molecule has 1 heterocycles. The molecule has 0 bridgehead atoms. The summed E-state index contributed by atoms with van der Waals surface area (Å²) < 4.78 is 5.71. The maximum Gasteiger partial charge on any atom is 0.265 e. The molecule has 0 spiro atoms. The van der Waals surface area contributed by atoms with E-state index in [1.807, 2.05) is 13.8 Å². The highest BCUT2D eigenvalue weighted by Crippen LogP contribution is 2.28. The van der Waals surface area contributed by atoms with Crippen molar-refractivity contribution in [3.63, 3.8) is 0 Å². The van der Waals surface area contributed by atoms with Crippen LogP contribution < -0.4 is 4.74 Å². The molecule has 24 heavy (non-hydrogen) atoms. The largest absolute Gasteiger partial charge is 0.489 e. The summed E-state index contributed by atoms with van der Waals surface area (Å²) in [5.74, 6) is -0.289. The number of benzene rings is 1. The van der Waals surface area contributed by atoms with Gasteiger partial charge in [0.2, 0.25) is 0 Å². The minimum Gasteiger partial charge on any atom is -0.489 e. The molecule has 0 aliphatic carbocycles. The number of carbonyl (C=O) groups excluding carboxylic acids is 2.